The lowest BCUT2D eigenvalue weighted by Gasteiger charge is -2.13. The van der Waals surface area contributed by atoms with E-state index in [0.717, 1.165) is 0 Å². The Morgan fingerprint density at radius 1 is 0.909 bits per heavy atom. The number of benzene rings is 3. The second kappa shape index (κ2) is 11.2. The predicted molar refractivity (Wildman–Crippen MR) is 120 cm³/mol. The minimum absolute atomic E-state index is 0.0355. The third kappa shape index (κ3) is 6.02. The van der Waals surface area contributed by atoms with Crippen LogP contribution >= 0.6 is 0 Å². The maximum Gasteiger partial charge on any atom is 0.338 e. The summed E-state index contributed by atoms with van der Waals surface area (Å²) in [5.74, 6) is 0.123. The van der Waals surface area contributed by atoms with Gasteiger partial charge in [0.1, 0.15) is 12.4 Å². The molecule has 0 unspecified atom stereocenters. The zero-order chi connectivity index (χ0) is 23.6. The van der Waals surface area contributed by atoms with Crippen molar-refractivity contribution in [2.45, 2.75) is 6.61 Å². The van der Waals surface area contributed by atoms with Crippen LogP contribution in [-0.2, 0) is 16.1 Å². The van der Waals surface area contributed by atoms with Crippen molar-refractivity contribution in [3.8, 4) is 23.3 Å². The van der Waals surface area contributed by atoms with Gasteiger partial charge in [-0.05, 0) is 36.4 Å². The molecule has 0 saturated heterocycles. The number of rotatable bonds is 9. The van der Waals surface area contributed by atoms with E-state index in [0.29, 0.717) is 28.3 Å². The Kier molecular flexibility index (Phi) is 7.86. The van der Waals surface area contributed by atoms with E-state index in [4.69, 9.17) is 24.2 Å². The molecule has 0 aliphatic rings. The van der Waals surface area contributed by atoms with Crippen molar-refractivity contribution in [2.75, 3.05) is 26.1 Å². The molecule has 0 fully saturated rings. The van der Waals surface area contributed by atoms with Crippen LogP contribution in [0.4, 0.5) is 5.69 Å². The second-order valence-electron chi connectivity index (χ2n) is 6.75. The van der Waals surface area contributed by atoms with E-state index >= 15 is 0 Å². The molecule has 8 heteroatoms. The molecule has 0 atom stereocenters. The minimum Gasteiger partial charge on any atom is -0.495 e. The number of carbonyl (C=O) groups is 2. The van der Waals surface area contributed by atoms with Gasteiger partial charge in [-0.15, -0.1) is 0 Å². The van der Waals surface area contributed by atoms with Gasteiger partial charge in [-0.3, -0.25) is 4.79 Å². The Labute approximate surface area is 191 Å². The summed E-state index contributed by atoms with van der Waals surface area (Å²) < 4.78 is 21.4. The molecule has 3 rings (SSSR count). The minimum atomic E-state index is -0.582. The molecule has 0 aromatic heterocycles. The molecule has 0 saturated carbocycles. The molecule has 0 radical (unpaired) electrons. The van der Waals surface area contributed by atoms with Crippen LogP contribution < -0.4 is 19.5 Å². The number of para-hydroxylation sites is 2. The van der Waals surface area contributed by atoms with Gasteiger partial charge in [-0.25, -0.2) is 4.79 Å². The Morgan fingerprint density at radius 3 is 2.39 bits per heavy atom. The predicted octanol–water partition coefficient (Wildman–Crippen LogP) is 3.95. The van der Waals surface area contributed by atoms with Crippen LogP contribution in [0, 0.1) is 11.3 Å². The standard InChI is InChI=1S/C25H22N2O6/c1-30-21-10-6-5-9-20(21)27-24(28)16-32-22-12-11-17(13-23(22)31-2)25(29)33-15-19-8-4-3-7-18(19)14-26/h3-13H,15-16H2,1-2H3,(H,27,28). The van der Waals surface area contributed by atoms with E-state index < -0.39 is 5.97 Å². The van der Waals surface area contributed by atoms with Gasteiger partial charge in [0.05, 0.1) is 37.1 Å². The monoisotopic (exact) mass is 446 g/mol. The number of amides is 1. The van der Waals surface area contributed by atoms with Crippen molar-refractivity contribution in [3.63, 3.8) is 0 Å². The van der Waals surface area contributed by atoms with Crippen molar-refractivity contribution in [1.82, 2.24) is 0 Å². The van der Waals surface area contributed by atoms with Crippen LogP contribution in [0.1, 0.15) is 21.5 Å². The fraction of sp³-hybridized carbons (Fsp3) is 0.160. The number of nitrogens with zero attached hydrogens (tertiary/aromatic N) is 1. The number of methoxy groups -OCH3 is 2. The number of anilines is 1. The number of esters is 1. The van der Waals surface area contributed by atoms with Gasteiger partial charge in [-0.1, -0.05) is 30.3 Å². The molecule has 0 spiro atoms. The molecule has 3 aromatic rings. The fourth-order valence-electron chi connectivity index (χ4n) is 2.97. The fourth-order valence-corrected chi connectivity index (χ4v) is 2.97. The molecule has 168 valence electrons. The molecule has 1 amide bonds. The summed E-state index contributed by atoms with van der Waals surface area (Å²) >= 11 is 0. The maximum absolute atomic E-state index is 12.4. The highest BCUT2D eigenvalue weighted by Crippen LogP contribution is 2.29. The molecule has 0 aliphatic carbocycles. The van der Waals surface area contributed by atoms with Gasteiger partial charge >= 0.3 is 5.97 Å². The van der Waals surface area contributed by atoms with Crippen LogP contribution in [0.5, 0.6) is 17.2 Å². The molecular formula is C25H22N2O6. The summed E-state index contributed by atoms with van der Waals surface area (Å²) in [6.45, 7) is -0.310. The summed E-state index contributed by atoms with van der Waals surface area (Å²) in [6, 6.07) is 20.5. The van der Waals surface area contributed by atoms with E-state index in [2.05, 4.69) is 11.4 Å². The van der Waals surface area contributed by atoms with E-state index in [-0.39, 0.29) is 30.4 Å². The summed E-state index contributed by atoms with van der Waals surface area (Å²) in [4.78, 5) is 24.7. The van der Waals surface area contributed by atoms with Crippen LogP contribution in [0.25, 0.3) is 0 Å². The molecule has 8 nitrogen and oxygen atoms in total. The quantitative estimate of drug-likeness (QED) is 0.496. The highest BCUT2D eigenvalue weighted by atomic mass is 16.5. The number of nitrogens with one attached hydrogen (secondary N) is 1. The molecule has 3 aromatic carbocycles. The van der Waals surface area contributed by atoms with Crippen molar-refractivity contribution < 1.29 is 28.5 Å². The SMILES string of the molecule is COc1ccccc1NC(=O)COc1ccc(C(=O)OCc2ccccc2C#N)cc1OC. The van der Waals surface area contributed by atoms with Gasteiger partial charge in [0, 0.05) is 5.56 Å². The molecule has 33 heavy (non-hydrogen) atoms. The number of ether oxygens (including phenoxy) is 4. The van der Waals surface area contributed by atoms with Crippen molar-refractivity contribution in [1.29, 1.82) is 5.26 Å². The number of carbonyl (C=O) groups excluding carboxylic acids is 2. The zero-order valence-electron chi connectivity index (χ0n) is 18.2. The third-order valence-corrected chi connectivity index (χ3v) is 4.64. The molecule has 0 aliphatic heterocycles. The van der Waals surface area contributed by atoms with Gasteiger partial charge in [0.15, 0.2) is 18.1 Å². The van der Waals surface area contributed by atoms with Gasteiger partial charge in [0.2, 0.25) is 0 Å². The largest absolute Gasteiger partial charge is 0.495 e. The topological polar surface area (TPSA) is 107 Å². The number of hydrogen-bond donors (Lipinski definition) is 1. The highest BCUT2D eigenvalue weighted by Gasteiger charge is 2.15. The molecule has 1 N–H and O–H groups in total. The highest BCUT2D eigenvalue weighted by molar-refractivity contribution is 5.93. The van der Waals surface area contributed by atoms with E-state index in [1.165, 1.54) is 32.4 Å². The van der Waals surface area contributed by atoms with Crippen LogP contribution in [0.2, 0.25) is 0 Å². The van der Waals surface area contributed by atoms with Crippen LogP contribution in [0.15, 0.2) is 66.7 Å². The third-order valence-electron chi connectivity index (χ3n) is 4.64. The Morgan fingerprint density at radius 2 is 1.64 bits per heavy atom. The first-order chi connectivity index (χ1) is 16.0. The average Bonchev–Trinajstić information content (AvgIpc) is 2.86. The van der Waals surface area contributed by atoms with E-state index in [1.54, 1.807) is 48.5 Å². The van der Waals surface area contributed by atoms with Crippen LogP contribution in [0.3, 0.4) is 0 Å². The first kappa shape index (κ1) is 23.2. The first-order valence-corrected chi connectivity index (χ1v) is 9.94. The molecule has 0 bridgehead atoms. The summed E-state index contributed by atoms with van der Waals surface area (Å²) in [5, 5.41) is 11.9. The first-order valence-electron chi connectivity index (χ1n) is 9.94. The summed E-state index contributed by atoms with van der Waals surface area (Å²) in [5.41, 5.74) is 1.82. The second-order valence-corrected chi connectivity index (χ2v) is 6.75. The summed E-state index contributed by atoms with van der Waals surface area (Å²) in [6.07, 6.45) is 0. The van der Waals surface area contributed by atoms with Gasteiger partial charge in [0.25, 0.3) is 5.91 Å². The maximum atomic E-state index is 12.4. The van der Waals surface area contributed by atoms with Crippen molar-refractivity contribution in [3.05, 3.63) is 83.4 Å². The Balaban J connectivity index is 1.61. The summed E-state index contributed by atoms with van der Waals surface area (Å²) in [7, 11) is 2.94. The average molecular weight is 446 g/mol. The Bertz CT molecular complexity index is 1190. The van der Waals surface area contributed by atoms with Gasteiger partial charge in [-0.2, -0.15) is 5.26 Å². The van der Waals surface area contributed by atoms with E-state index in [1.807, 2.05) is 0 Å². The number of nitriles is 1. The molecular weight excluding hydrogens is 424 g/mol. The van der Waals surface area contributed by atoms with Crippen LogP contribution in [-0.4, -0.2) is 32.7 Å². The van der Waals surface area contributed by atoms with Crippen molar-refractivity contribution >= 4 is 17.6 Å². The lowest BCUT2D eigenvalue weighted by atomic mass is 10.1. The lowest BCUT2D eigenvalue weighted by Crippen LogP contribution is -2.20. The van der Waals surface area contributed by atoms with E-state index in [9.17, 15) is 9.59 Å². The lowest BCUT2D eigenvalue weighted by molar-refractivity contribution is -0.118. The normalized spacial score (nSPS) is 9.97. The van der Waals surface area contributed by atoms with Gasteiger partial charge < -0.3 is 24.3 Å². The van der Waals surface area contributed by atoms with Crippen molar-refractivity contribution in [2.24, 2.45) is 0 Å². The Hall–Kier alpha value is -4.51. The zero-order valence-corrected chi connectivity index (χ0v) is 18.2. The smallest absolute Gasteiger partial charge is 0.338 e. The molecule has 0 heterocycles. The number of hydrogen-bond acceptors (Lipinski definition) is 7.